The highest BCUT2D eigenvalue weighted by molar-refractivity contribution is 6.32. The summed E-state index contributed by atoms with van der Waals surface area (Å²) in [5.41, 5.74) is 0.332. The summed E-state index contributed by atoms with van der Waals surface area (Å²) in [5.74, 6) is -0.424. The number of aliphatic hydroxyl groups is 1. The summed E-state index contributed by atoms with van der Waals surface area (Å²) >= 11 is 6.13. The Balaban J connectivity index is 1.80. The highest BCUT2D eigenvalue weighted by Crippen LogP contribution is 2.31. The monoisotopic (exact) mass is 526 g/mol. The Hall–Kier alpha value is -3.69. The van der Waals surface area contributed by atoms with Crippen molar-refractivity contribution in [1.29, 1.82) is 0 Å². The van der Waals surface area contributed by atoms with E-state index < -0.39 is 28.9 Å². The number of amides is 1. The molecule has 0 unspecified atom stereocenters. The average Bonchev–Trinajstić information content (AvgIpc) is 3.23. The van der Waals surface area contributed by atoms with E-state index in [2.05, 4.69) is 15.4 Å². The fraction of sp³-hybridized carbons (Fsp3) is 0.296. The molecule has 0 aliphatic heterocycles. The van der Waals surface area contributed by atoms with Gasteiger partial charge in [0.15, 0.2) is 5.82 Å². The maximum Gasteiger partial charge on any atom is 0.275 e. The summed E-state index contributed by atoms with van der Waals surface area (Å²) in [5, 5.41) is 18.6. The number of aromatic nitrogens is 3. The fourth-order valence-corrected chi connectivity index (χ4v) is 4.54. The molecule has 1 atom stereocenters. The number of H-pyrrole nitrogens is 1. The summed E-state index contributed by atoms with van der Waals surface area (Å²) < 4.78 is 20.1. The smallest absolute Gasteiger partial charge is 0.275 e. The third-order valence-corrected chi connectivity index (χ3v) is 6.42. The number of halogens is 2. The molecule has 1 amide bonds. The van der Waals surface area contributed by atoms with E-state index in [0.29, 0.717) is 27.5 Å². The molecule has 0 spiro atoms. The second-order valence-electron chi connectivity index (χ2n) is 9.67. The van der Waals surface area contributed by atoms with E-state index in [4.69, 9.17) is 16.3 Å². The minimum atomic E-state index is -1.36. The van der Waals surface area contributed by atoms with Crippen molar-refractivity contribution in [3.63, 3.8) is 0 Å². The standard InChI is InChI=1S/C27H28ClFN4O4/c1-14(2)21-18(25(34)30-23(27(3,4)36)15-6-9-17(29)10-7-15)13-33-22(21)26(35)31-24(32-33)16-8-11-19(28)20(12-16)37-5/h6-14,23,36H,1-5H3,(H,30,34)(H,31,32,35)/t23-/m0/s1. The molecule has 10 heteroatoms. The lowest BCUT2D eigenvalue weighted by Gasteiger charge is -2.30. The van der Waals surface area contributed by atoms with Crippen LogP contribution in [0.5, 0.6) is 5.75 Å². The maximum absolute atomic E-state index is 13.5. The van der Waals surface area contributed by atoms with Crippen molar-refractivity contribution in [1.82, 2.24) is 19.9 Å². The van der Waals surface area contributed by atoms with Gasteiger partial charge in [0.05, 0.1) is 29.3 Å². The summed E-state index contributed by atoms with van der Waals surface area (Å²) in [4.78, 5) is 29.5. The minimum Gasteiger partial charge on any atom is -0.495 e. The highest BCUT2D eigenvalue weighted by Gasteiger charge is 2.32. The lowest BCUT2D eigenvalue weighted by atomic mass is 9.91. The van der Waals surface area contributed by atoms with Crippen LogP contribution in [-0.4, -0.2) is 38.3 Å². The molecule has 2 aromatic carbocycles. The van der Waals surface area contributed by atoms with Gasteiger partial charge in [-0.2, -0.15) is 0 Å². The van der Waals surface area contributed by atoms with Gasteiger partial charge in [-0.25, -0.2) is 8.91 Å². The van der Waals surface area contributed by atoms with Gasteiger partial charge in [0.25, 0.3) is 11.5 Å². The number of carbonyl (C=O) groups excluding carboxylic acids is 1. The number of hydrogen-bond acceptors (Lipinski definition) is 5. The predicted molar refractivity (Wildman–Crippen MR) is 140 cm³/mol. The molecule has 0 saturated carbocycles. The number of ether oxygens (including phenoxy) is 1. The van der Waals surface area contributed by atoms with Gasteiger partial charge in [0.2, 0.25) is 0 Å². The van der Waals surface area contributed by atoms with E-state index in [0.717, 1.165) is 0 Å². The normalized spacial score (nSPS) is 12.7. The van der Waals surface area contributed by atoms with Crippen molar-refractivity contribution in [3.8, 4) is 17.1 Å². The molecule has 3 N–H and O–H groups in total. The van der Waals surface area contributed by atoms with Gasteiger partial charge in [-0.15, -0.1) is 5.10 Å². The number of rotatable bonds is 7. The SMILES string of the molecule is COc1cc(-c2nn3cc(C(=O)N[C@@H](c4ccc(F)cc4)C(C)(C)O)c(C(C)C)c3c(=O)[nH]2)ccc1Cl. The van der Waals surface area contributed by atoms with Gasteiger partial charge in [-0.3, -0.25) is 9.59 Å². The van der Waals surface area contributed by atoms with Crippen LogP contribution in [0.25, 0.3) is 16.9 Å². The molecule has 0 aliphatic carbocycles. The molecule has 2 heterocycles. The lowest BCUT2D eigenvalue weighted by Crippen LogP contribution is -2.42. The molecule has 4 aromatic rings. The second-order valence-corrected chi connectivity index (χ2v) is 10.1. The zero-order valence-electron chi connectivity index (χ0n) is 21.1. The quantitative estimate of drug-likeness (QED) is 0.319. The zero-order chi connectivity index (χ0) is 27.1. The van der Waals surface area contributed by atoms with Crippen molar-refractivity contribution in [2.75, 3.05) is 7.11 Å². The van der Waals surface area contributed by atoms with Crippen LogP contribution in [0.1, 0.15) is 61.1 Å². The van der Waals surface area contributed by atoms with Crippen molar-refractivity contribution in [2.24, 2.45) is 0 Å². The fourth-order valence-electron chi connectivity index (χ4n) is 4.35. The highest BCUT2D eigenvalue weighted by atomic mass is 35.5. The summed E-state index contributed by atoms with van der Waals surface area (Å²) in [6.45, 7) is 6.85. The molecule has 0 bridgehead atoms. The number of nitrogens with zero attached hydrogens (tertiary/aromatic N) is 2. The molecular weight excluding hydrogens is 499 g/mol. The number of hydrogen-bond donors (Lipinski definition) is 3. The molecule has 0 saturated heterocycles. The molecule has 194 valence electrons. The average molecular weight is 527 g/mol. The largest absolute Gasteiger partial charge is 0.495 e. The topological polar surface area (TPSA) is 109 Å². The van der Waals surface area contributed by atoms with Crippen LogP contribution < -0.4 is 15.6 Å². The molecular formula is C27H28ClFN4O4. The molecule has 0 aliphatic rings. The number of benzene rings is 2. The van der Waals surface area contributed by atoms with E-state index in [1.54, 1.807) is 32.0 Å². The van der Waals surface area contributed by atoms with Crippen molar-refractivity contribution in [2.45, 2.75) is 45.3 Å². The van der Waals surface area contributed by atoms with Crippen LogP contribution in [0, 0.1) is 5.82 Å². The van der Waals surface area contributed by atoms with Crippen molar-refractivity contribution < 1.29 is 19.0 Å². The third-order valence-electron chi connectivity index (χ3n) is 6.11. The maximum atomic E-state index is 13.5. The number of fused-ring (bicyclic) bond motifs is 1. The second kappa shape index (κ2) is 9.99. The number of carbonyl (C=O) groups is 1. The van der Waals surface area contributed by atoms with Crippen LogP contribution >= 0.6 is 11.6 Å². The predicted octanol–water partition coefficient (Wildman–Crippen LogP) is 4.86. The van der Waals surface area contributed by atoms with E-state index in [9.17, 15) is 19.1 Å². The Morgan fingerprint density at radius 2 is 1.89 bits per heavy atom. The first-order valence-electron chi connectivity index (χ1n) is 11.7. The Morgan fingerprint density at radius 1 is 1.22 bits per heavy atom. The van der Waals surface area contributed by atoms with Gasteiger partial charge >= 0.3 is 0 Å². The van der Waals surface area contributed by atoms with Crippen LogP contribution in [0.3, 0.4) is 0 Å². The molecule has 0 radical (unpaired) electrons. The summed E-state index contributed by atoms with van der Waals surface area (Å²) in [6, 6.07) is 9.71. The van der Waals surface area contributed by atoms with Crippen molar-refractivity contribution >= 4 is 23.0 Å². The summed E-state index contributed by atoms with van der Waals surface area (Å²) in [7, 11) is 1.49. The van der Waals surface area contributed by atoms with Gasteiger partial charge < -0.3 is 20.1 Å². The number of nitrogens with one attached hydrogen (secondary N) is 2. The Morgan fingerprint density at radius 3 is 2.49 bits per heavy atom. The van der Waals surface area contributed by atoms with E-state index in [1.165, 1.54) is 42.1 Å². The van der Waals surface area contributed by atoms with E-state index >= 15 is 0 Å². The molecule has 37 heavy (non-hydrogen) atoms. The van der Waals surface area contributed by atoms with E-state index in [1.807, 2.05) is 13.8 Å². The van der Waals surface area contributed by atoms with Crippen LogP contribution in [0.4, 0.5) is 4.39 Å². The van der Waals surface area contributed by atoms with Crippen LogP contribution in [-0.2, 0) is 0 Å². The van der Waals surface area contributed by atoms with Gasteiger partial charge in [-0.1, -0.05) is 37.6 Å². The molecule has 4 rings (SSSR count). The van der Waals surface area contributed by atoms with Crippen molar-refractivity contribution in [3.05, 3.63) is 86.5 Å². The minimum absolute atomic E-state index is 0.193. The Kier molecular flexibility index (Phi) is 7.12. The zero-order valence-corrected chi connectivity index (χ0v) is 21.9. The first kappa shape index (κ1) is 26.4. The van der Waals surface area contributed by atoms with Crippen LogP contribution in [0.2, 0.25) is 5.02 Å². The third kappa shape index (κ3) is 5.23. The Bertz CT molecular complexity index is 1520. The van der Waals surface area contributed by atoms with Gasteiger partial charge in [-0.05, 0) is 55.7 Å². The van der Waals surface area contributed by atoms with Gasteiger partial charge in [0, 0.05) is 17.3 Å². The van der Waals surface area contributed by atoms with Crippen LogP contribution in [0.15, 0.2) is 53.5 Å². The first-order valence-corrected chi connectivity index (χ1v) is 12.1. The van der Waals surface area contributed by atoms with E-state index in [-0.39, 0.29) is 22.8 Å². The summed E-state index contributed by atoms with van der Waals surface area (Å²) in [6.07, 6.45) is 1.50. The number of methoxy groups -OCH3 is 1. The molecule has 8 nitrogen and oxygen atoms in total. The first-order chi connectivity index (χ1) is 17.4. The molecule has 2 aromatic heterocycles. The lowest BCUT2D eigenvalue weighted by molar-refractivity contribution is 0.0343. The van der Waals surface area contributed by atoms with Gasteiger partial charge in [0.1, 0.15) is 17.1 Å². The number of aromatic amines is 1. The molecule has 0 fully saturated rings. The Labute approximate surface area is 218 Å².